The predicted octanol–water partition coefficient (Wildman–Crippen LogP) is 6.65. The highest BCUT2D eigenvalue weighted by molar-refractivity contribution is 9.10. The van der Waals surface area contributed by atoms with Gasteiger partial charge in [0, 0.05) is 20.1 Å². The molecule has 3 aromatic rings. The fourth-order valence-corrected chi connectivity index (χ4v) is 4.90. The maximum atomic E-state index is 13.0. The molecule has 34 heavy (non-hydrogen) atoms. The quantitative estimate of drug-likeness (QED) is 0.248. The molecule has 1 saturated heterocycles. The summed E-state index contributed by atoms with van der Waals surface area (Å²) in [6, 6.07) is 20.5. The Morgan fingerprint density at radius 1 is 1.06 bits per heavy atom. The number of nitrogens with zero attached hydrogens (tertiary/aromatic N) is 1. The number of thiocarbonyl (C=S) groups is 1. The van der Waals surface area contributed by atoms with Gasteiger partial charge in [-0.1, -0.05) is 73.5 Å². The molecule has 172 valence electrons. The van der Waals surface area contributed by atoms with Crippen molar-refractivity contribution in [2.45, 2.75) is 13.5 Å². The first kappa shape index (κ1) is 24.7. The molecule has 0 aliphatic carbocycles. The highest BCUT2D eigenvalue weighted by Crippen LogP contribution is 2.34. The fraction of sp³-hybridized carbons (Fsp3) is 0.0800. The molecule has 0 saturated carbocycles. The molecule has 0 radical (unpaired) electrons. The number of carbonyl (C=O) groups excluding carboxylic acids is 2. The average molecular weight is 618 g/mol. The predicted molar refractivity (Wildman–Crippen MR) is 146 cm³/mol. The first-order valence-corrected chi connectivity index (χ1v) is 12.9. The number of hydrogen-bond acceptors (Lipinski definition) is 5. The van der Waals surface area contributed by atoms with Crippen LogP contribution in [0.1, 0.15) is 27.0 Å². The van der Waals surface area contributed by atoms with E-state index >= 15 is 0 Å². The summed E-state index contributed by atoms with van der Waals surface area (Å²) in [5, 5.41) is 1.10. The summed E-state index contributed by atoms with van der Waals surface area (Å²) in [5.74, 6) is -0.188. The minimum atomic E-state index is -0.422. The Bertz CT molecular complexity index is 1290. The molecule has 1 fully saturated rings. The number of carbonyl (C=O) groups is 2. The summed E-state index contributed by atoms with van der Waals surface area (Å²) in [5.41, 5.74) is 5.96. The Balaban J connectivity index is 1.52. The molecule has 9 heteroatoms. The van der Waals surface area contributed by atoms with E-state index in [1.54, 1.807) is 30.3 Å². The van der Waals surface area contributed by atoms with Crippen molar-refractivity contribution in [1.29, 1.82) is 0 Å². The summed E-state index contributed by atoms with van der Waals surface area (Å²) < 4.78 is 7.99. The van der Waals surface area contributed by atoms with E-state index < -0.39 is 11.8 Å². The lowest BCUT2D eigenvalue weighted by atomic mass is 10.1. The van der Waals surface area contributed by atoms with Gasteiger partial charge in [-0.2, -0.15) is 5.01 Å². The topological polar surface area (TPSA) is 58.6 Å². The van der Waals surface area contributed by atoms with E-state index in [1.807, 2.05) is 49.4 Å². The highest BCUT2D eigenvalue weighted by Gasteiger charge is 2.34. The molecule has 3 aromatic carbocycles. The van der Waals surface area contributed by atoms with Gasteiger partial charge >= 0.3 is 0 Å². The van der Waals surface area contributed by atoms with Crippen LogP contribution in [0.3, 0.4) is 0 Å². The number of amides is 2. The molecule has 5 nitrogen and oxygen atoms in total. The Kier molecular flexibility index (Phi) is 7.88. The standard InChI is InChI=1S/C25H18Br2N2O3S2/c1-15-2-4-16(5-3-15)14-32-21-11-10-20(27)12-18(21)13-22-24(31)29(25(33)34-22)28-23(30)17-6-8-19(26)9-7-17/h2-13H,14H2,1H3,(H,28,30)/b22-13+. The SMILES string of the molecule is Cc1ccc(COc2ccc(Br)cc2/C=C2/SC(=S)N(NC(=O)c3ccc(Br)cc3)C2=O)cc1. The molecule has 0 spiro atoms. The van der Waals surface area contributed by atoms with E-state index in [9.17, 15) is 9.59 Å². The Morgan fingerprint density at radius 2 is 1.74 bits per heavy atom. The molecular formula is C25H18Br2N2O3S2. The average Bonchev–Trinajstić information content (AvgIpc) is 3.07. The number of benzene rings is 3. The molecule has 4 rings (SSSR count). The van der Waals surface area contributed by atoms with Gasteiger partial charge in [0.2, 0.25) is 0 Å². The summed E-state index contributed by atoms with van der Waals surface area (Å²) >= 11 is 13.3. The second kappa shape index (κ2) is 10.9. The zero-order valence-electron chi connectivity index (χ0n) is 17.9. The summed E-state index contributed by atoms with van der Waals surface area (Å²) in [4.78, 5) is 26.0. The summed E-state index contributed by atoms with van der Waals surface area (Å²) in [6.45, 7) is 2.43. The van der Waals surface area contributed by atoms with Crippen molar-refractivity contribution in [1.82, 2.24) is 10.4 Å². The number of nitrogens with one attached hydrogen (secondary N) is 1. The maximum absolute atomic E-state index is 13.0. The molecule has 0 unspecified atom stereocenters. The fourth-order valence-electron chi connectivity index (χ4n) is 3.08. The zero-order chi connectivity index (χ0) is 24.2. The van der Waals surface area contributed by atoms with Gasteiger partial charge in [0.25, 0.3) is 11.8 Å². The smallest absolute Gasteiger partial charge is 0.285 e. The molecule has 1 aliphatic rings. The van der Waals surface area contributed by atoms with Gasteiger partial charge in [-0.15, -0.1) is 0 Å². The van der Waals surface area contributed by atoms with Crippen molar-refractivity contribution in [2.24, 2.45) is 0 Å². The van der Waals surface area contributed by atoms with Crippen LogP contribution in [0, 0.1) is 6.92 Å². The van der Waals surface area contributed by atoms with Gasteiger partial charge in [-0.05, 0) is 73.2 Å². The Morgan fingerprint density at radius 3 is 2.44 bits per heavy atom. The minimum absolute atomic E-state index is 0.249. The van der Waals surface area contributed by atoms with Gasteiger partial charge in [0.15, 0.2) is 4.32 Å². The first-order valence-electron chi connectivity index (χ1n) is 10.1. The van der Waals surface area contributed by atoms with Crippen molar-refractivity contribution in [3.05, 3.63) is 103 Å². The van der Waals surface area contributed by atoms with E-state index in [1.165, 1.54) is 5.56 Å². The number of thioether (sulfide) groups is 1. The van der Waals surface area contributed by atoms with Crippen LogP contribution in [-0.2, 0) is 11.4 Å². The molecule has 1 heterocycles. The van der Waals surface area contributed by atoms with Crippen molar-refractivity contribution in [3.8, 4) is 5.75 Å². The lowest BCUT2D eigenvalue weighted by molar-refractivity contribution is -0.123. The molecule has 1 aliphatic heterocycles. The van der Waals surface area contributed by atoms with Gasteiger partial charge in [0.1, 0.15) is 12.4 Å². The Labute approximate surface area is 223 Å². The van der Waals surface area contributed by atoms with Crippen molar-refractivity contribution in [3.63, 3.8) is 0 Å². The van der Waals surface area contributed by atoms with Crippen molar-refractivity contribution in [2.75, 3.05) is 0 Å². The second-order valence-corrected chi connectivity index (χ2v) is 10.9. The Hall–Kier alpha value is -2.46. The van der Waals surface area contributed by atoms with Crippen LogP contribution in [0.5, 0.6) is 5.75 Å². The lowest BCUT2D eigenvalue weighted by Gasteiger charge is -2.15. The molecular weight excluding hydrogens is 600 g/mol. The van der Waals surface area contributed by atoms with E-state index in [0.29, 0.717) is 22.8 Å². The van der Waals surface area contributed by atoms with Gasteiger partial charge < -0.3 is 4.74 Å². The van der Waals surface area contributed by atoms with Crippen LogP contribution < -0.4 is 10.2 Å². The van der Waals surface area contributed by atoms with E-state index in [0.717, 1.165) is 36.8 Å². The summed E-state index contributed by atoms with van der Waals surface area (Å²) in [7, 11) is 0. The van der Waals surface area contributed by atoms with Crippen LogP contribution in [0.25, 0.3) is 6.08 Å². The number of rotatable bonds is 6. The third-order valence-electron chi connectivity index (χ3n) is 4.89. The van der Waals surface area contributed by atoms with Crippen molar-refractivity contribution >= 4 is 78.1 Å². The summed E-state index contributed by atoms with van der Waals surface area (Å²) in [6.07, 6.45) is 1.72. The van der Waals surface area contributed by atoms with Gasteiger partial charge in [-0.3, -0.25) is 15.0 Å². The molecule has 0 bridgehead atoms. The minimum Gasteiger partial charge on any atom is -0.488 e. The van der Waals surface area contributed by atoms with E-state index in [4.69, 9.17) is 17.0 Å². The number of halogens is 2. The highest BCUT2D eigenvalue weighted by atomic mass is 79.9. The molecule has 0 aromatic heterocycles. The van der Waals surface area contributed by atoms with Crippen LogP contribution in [0.15, 0.2) is 80.6 Å². The number of hydrogen-bond donors (Lipinski definition) is 1. The molecule has 0 atom stereocenters. The maximum Gasteiger partial charge on any atom is 0.285 e. The van der Waals surface area contributed by atoms with Crippen LogP contribution >= 0.6 is 55.8 Å². The van der Waals surface area contributed by atoms with Gasteiger partial charge in [0.05, 0.1) is 4.91 Å². The van der Waals surface area contributed by atoms with Crippen molar-refractivity contribution < 1.29 is 14.3 Å². The largest absolute Gasteiger partial charge is 0.488 e. The zero-order valence-corrected chi connectivity index (χ0v) is 22.7. The van der Waals surface area contributed by atoms with Crippen LogP contribution in [0.2, 0.25) is 0 Å². The van der Waals surface area contributed by atoms with Gasteiger partial charge in [-0.25, -0.2) is 0 Å². The third-order valence-corrected chi connectivity index (χ3v) is 7.21. The second-order valence-electron chi connectivity index (χ2n) is 7.42. The number of hydrazine groups is 1. The van der Waals surface area contributed by atoms with E-state index in [2.05, 4.69) is 37.3 Å². The third kappa shape index (κ3) is 5.96. The van der Waals surface area contributed by atoms with Crippen LogP contribution in [0.4, 0.5) is 0 Å². The van der Waals surface area contributed by atoms with Crippen LogP contribution in [-0.4, -0.2) is 21.1 Å². The number of ether oxygens (including phenoxy) is 1. The monoisotopic (exact) mass is 616 g/mol. The lowest BCUT2D eigenvalue weighted by Crippen LogP contribution is -2.44. The normalized spacial score (nSPS) is 14.6. The first-order chi connectivity index (χ1) is 16.3. The van der Waals surface area contributed by atoms with E-state index in [-0.39, 0.29) is 4.32 Å². The molecule has 1 N–H and O–H groups in total. The molecule has 2 amide bonds. The number of aryl methyl sites for hydroxylation is 1.